The van der Waals surface area contributed by atoms with Gasteiger partial charge in [0.25, 0.3) is 5.91 Å². The van der Waals surface area contributed by atoms with Gasteiger partial charge in [-0.3, -0.25) is 10.1 Å². The number of nitrogens with one attached hydrogen (secondary N) is 1. The number of ether oxygens (including phenoxy) is 3. The topological polar surface area (TPSA) is 140 Å². The lowest BCUT2D eigenvalue weighted by molar-refractivity contribution is -0.112. The van der Waals surface area contributed by atoms with Crippen molar-refractivity contribution < 1.29 is 27.4 Å². The first-order valence-corrected chi connectivity index (χ1v) is 13.8. The number of aromatic nitrogens is 2. The van der Waals surface area contributed by atoms with Gasteiger partial charge in [-0.25, -0.2) is 8.42 Å². The molecule has 1 aromatic heterocycles. The number of hydrogen-bond donors (Lipinski definition) is 1. The predicted octanol–water partition coefficient (Wildman–Crippen LogP) is 3.82. The summed E-state index contributed by atoms with van der Waals surface area (Å²) < 4.78 is 39.9. The molecule has 3 aromatic rings. The number of anilines is 1. The smallest absolute Gasteiger partial charge is 0.268 e. The molecular formula is C25H26N4O6S2. The summed E-state index contributed by atoms with van der Waals surface area (Å²) in [5.41, 5.74) is 2.64. The van der Waals surface area contributed by atoms with Crippen molar-refractivity contribution in [3.05, 3.63) is 58.7 Å². The van der Waals surface area contributed by atoms with E-state index in [1.807, 2.05) is 25.1 Å². The number of benzene rings is 2. The second-order valence-corrected chi connectivity index (χ2v) is 11.1. The van der Waals surface area contributed by atoms with Gasteiger partial charge in [0.05, 0.1) is 7.11 Å². The third kappa shape index (κ3) is 7.77. The van der Waals surface area contributed by atoms with Crippen LogP contribution in [-0.2, 0) is 21.1 Å². The number of carbonyl (C=O) groups is 1. The Kier molecular flexibility index (Phi) is 9.21. The molecule has 12 heteroatoms. The van der Waals surface area contributed by atoms with Crippen LogP contribution in [0.3, 0.4) is 0 Å². The van der Waals surface area contributed by atoms with E-state index in [4.69, 9.17) is 14.2 Å². The zero-order valence-corrected chi connectivity index (χ0v) is 22.4. The van der Waals surface area contributed by atoms with Crippen molar-refractivity contribution in [2.24, 2.45) is 0 Å². The van der Waals surface area contributed by atoms with Gasteiger partial charge in [0, 0.05) is 6.26 Å². The molecule has 0 saturated heterocycles. The number of carbonyl (C=O) groups excluding carboxylic acids is 1. The van der Waals surface area contributed by atoms with Crippen LogP contribution in [0.4, 0.5) is 5.13 Å². The molecule has 0 spiro atoms. The number of nitrogens with zero attached hydrogens (tertiary/aromatic N) is 3. The Morgan fingerprint density at radius 1 is 1.14 bits per heavy atom. The third-order valence-electron chi connectivity index (χ3n) is 4.94. The van der Waals surface area contributed by atoms with Crippen molar-refractivity contribution in [3.8, 4) is 23.3 Å². The normalized spacial score (nSPS) is 11.5. The molecular weight excluding hydrogens is 516 g/mol. The van der Waals surface area contributed by atoms with E-state index in [-0.39, 0.29) is 21.7 Å². The molecule has 0 bridgehead atoms. The first-order chi connectivity index (χ1) is 17.6. The van der Waals surface area contributed by atoms with Crippen molar-refractivity contribution in [3.63, 3.8) is 0 Å². The highest BCUT2D eigenvalue weighted by molar-refractivity contribution is 7.92. The summed E-state index contributed by atoms with van der Waals surface area (Å²) in [6.07, 6.45) is 3.28. The molecule has 0 saturated carbocycles. The van der Waals surface area contributed by atoms with Crippen LogP contribution in [0.2, 0.25) is 0 Å². The summed E-state index contributed by atoms with van der Waals surface area (Å²) in [7, 11) is -2.07. The first kappa shape index (κ1) is 27.6. The third-order valence-corrected chi connectivity index (χ3v) is 7.44. The van der Waals surface area contributed by atoms with Crippen molar-refractivity contribution >= 4 is 38.3 Å². The average molecular weight is 543 g/mol. The van der Waals surface area contributed by atoms with Crippen LogP contribution in [0.5, 0.6) is 17.2 Å². The van der Waals surface area contributed by atoms with Crippen molar-refractivity contribution in [1.82, 2.24) is 10.2 Å². The number of hydrogen-bond acceptors (Lipinski definition) is 10. The van der Waals surface area contributed by atoms with Crippen LogP contribution in [0.1, 0.15) is 23.6 Å². The first-order valence-electron chi connectivity index (χ1n) is 11.1. The van der Waals surface area contributed by atoms with Crippen molar-refractivity contribution in [2.75, 3.05) is 31.9 Å². The Labute approximate surface area is 219 Å². The minimum absolute atomic E-state index is 0.0355. The Hall–Kier alpha value is -3.95. The monoisotopic (exact) mass is 542 g/mol. The van der Waals surface area contributed by atoms with Crippen LogP contribution in [0, 0.1) is 18.3 Å². The van der Waals surface area contributed by atoms with Gasteiger partial charge in [0.2, 0.25) is 19.3 Å². The summed E-state index contributed by atoms with van der Waals surface area (Å²) in [5, 5.41) is 19.0. The highest BCUT2D eigenvalue weighted by Gasteiger charge is 2.18. The SMILES string of the molecule is CCc1cc(C)cc(OCCOc2ccc(/C=C(/C#N)C(=O)Nc3nnc(S(C)(=O)=O)s3)cc2OC)c1. The van der Waals surface area contributed by atoms with Crippen LogP contribution >= 0.6 is 11.3 Å². The number of nitriles is 1. The van der Waals surface area contributed by atoms with Gasteiger partial charge in [-0.2, -0.15) is 5.26 Å². The second kappa shape index (κ2) is 12.3. The maximum Gasteiger partial charge on any atom is 0.268 e. The summed E-state index contributed by atoms with van der Waals surface area (Å²) in [6, 6.07) is 12.9. The predicted molar refractivity (Wildman–Crippen MR) is 140 cm³/mol. The summed E-state index contributed by atoms with van der Waals surface area (Å²) in [4.78, 5) is 12.5. The molecule has 0 radical (unpaired) electrons. The lowest BCUT2D eigenvalue weighted by atomic mass is 10.1. The van der Waals surface area contributed by atoms with Crippen LogP contribution in [0.15, 0.2) is 46.3 Å². The fraction of sp³-hybridized carbons (Fsp3) is 0.280. The Bertz CT molecular complexity index is 1460. The van der Waals surface area contributed by atoms with E-state index in [1.54, 1.807) is 18.2 Å². The number of amides is 1. The van der Waals surface area contributed by atoms with Crippen molar-refractivity contribution in [1.29, 1.82) is 5.26 Å². The van der Waals surface area contributed by atoms with Crippen LogP contribution in [0.25, 0.3) is 6.08 Å². The maximum atomic E-state index is 12.5. The lowest BCUT2D eigenvalue weighted by Gasteiger charge is -2.13. The summed E-state index contributed by atoms with van der Waals surface area (Å²) in [5.74, 6) is 0.929. The largest absolute Gasteiger partial charge is 0.493 e. The highest BCUT2D eigenvalue weighted by Crippen LogP contribution is 2.29. The van der Waals surface area contributed by atoms with Gasteiger partial charge in [-0.15, -0.1) is 10.2 Å². The van der Waals surface area contributed by atoms with E-state index >= 15 is 0 Å². The van der Waals surface area contributed by atoms with Crippen LogP contribution in [-0.4, -0.2) is 51.1 Å². The summed E-state index contributed by atoms with van der Waals surface area (Å²) in [6.45, 7) is 4.73. The number of rotatable bonds is 11. The molecule has 10 nitrogen and oxygen atoms in total. The van der Waals surface area contributed by atoms with E-state index < -0.39 is 15.7 Å². The van der Waals surface area contributed by atoms with Gasteiger partial charge in [0.15, 0.2) is 11.5 Å². The fourth-order valence-corrected chi connectivity index (χ4v) is 4.71. The molecule has 0 unspecified atom stereocenters. The molecule has 0 aliphatic heterocycles. The van der Waals surface area contributed by atoms with E-state index in [9.17, 15) is 18.5 Å². The molecule has 2 aromatic carbocycles. The Balaban J connectivity index is 1.64. The molecule has 0 aliphatic rings. The molecule has 1 amide bonds. The molecule has 37 heavy (non-hydrogen) atoms. The van der Waals surface area contributed by atoms with Gasteiger partial charge in [-0.05, 0) is 60.4 Å². The Morgan fingerprint density at radius 2 is 1.89 bits per heavy atom. The summed E-state index contributed by atoms with van der Waals surface area (Å²) >= 11 is 0.695. The number of aryl methyl sites for hydroxylation is 2. The van der Waals surface area contributed by atoms with Crippen LogP contribution < -0.4 is 19.5 Å². The van der Waals surface area contributed by atoms with E-state index in [1.165, 1.54) is 18.7 Å². The molecule has 0 atom stereocenters. The van der Waals surface area contributed by atoms with Gasteiger partial charge in [0.1, 0.15) is 30.6 Å². The molecule has 0 aliphatic carbocycles. The van der Waals surface area contributed by atoms with Gasteiger partial charge in [-0.1, -0.05) is 30.4 Å². The van der Waals surface area contributed by atoms with Gasteiger partial charge < -0.3 is 14.2 Å². The molecule has 194 valence electrons. The Morgan fingerprint density at radius 3 is 2.54 bits per heavy atom. The fourth-order valence-electron chi connectivity index (χ4n) is 3.21. The molecule has 0 fully saturated rings. The van der Waals surface area contributed by atoms with Crippen molar-refractivity contribution in [2.45, 2.75) is 24.6 Å². The zero-order chi connectivity index (χ0) is 27.0. The van der Waals surface area contributed by atoms with E-state index in [2.05, 4.69) is 28.5 Å². The standard InChI is InChI=1S/C25H26N4O6S2/c1-5-17-10-16(2)11-20(13-17)34-8-9-35-21-7-6-18(14-22(21)33-3)12-19(15-26)23(30)27-24-28-29-25(36-24)37(4,31)32/h6-7,10-14H,5,8-9H2,1-4H3,(H,27,28,30)/b19-12-. The quantitative estimate of drug-likeness (QED) is 0.166. The van der Waals surface area contributed by atoms with E-state index in [0.29, 0.717) is 35.0 Å². The van der Waals surface area contributed by atoms with Gasteiger partial charge >= 0.3 is 0 Å². The molecule has 1 N–H and O–H groups in total. The minimum atomic E-state index is -3.55. The average Bonchev–Trinajstić information content (AvgIpc) is 3.34. The second-order valence-electron chi connectivity index (χ2n) is 7.88. The zero-order valence-electron chi connectivity index (χ0n) is 20.8. The highest BCUT2D eigenvalue weighted by atomic mass is 32.2. The lowest BCUT2D eigenvalue weighted by Crippen LogP contribution is -2.13. The molecule has 1 heterocycles. The number of methoxy groups -OCH3 is 1. The number of sulfone groups is 1. The minimum Gasteiger partial charge on any atom is -0.493 e. The molecule has 3 rings (SSSR count). The van der Waals surface area contributed by atoms with E-state index in [0.717, 1.165) is 24.0 Å². The maximum absolute atomic E-state index is 12.5.